The molecular formula is C19H19N4O2+. The van der Waals surface area contributed by atoms with Gasteiger partial charge < -0.3 is 9.88 Å². The molecule has 25 heavy (non-hydrogen) atoms. The number of aromatic nitrogens is 2. The largest absolute Gasteiger partial charge is 0.419 e. The number of anilines is 1. The predicted octanol–water partition coefficient (Wildman–Crippen LogP) is 0.465. The van der Waals surface area contributed by atoms with Crippen molar-refractivity contribution in [3.05, 3.63) is 46.6 Å². The van der Waals surface area contributed by atoms with Crippen LogP contribution in [0.25, 0.3) is 0 Å². The van der Waals surface area contributed by atoms with E-state index in [9.17, 15) is 9.59 Å². The smallest absolute Gasteiger partial charge is 0.329 e. The summed E-state index contributed by atoms with van der Waals surface area (Å²) in [5.74, 6) is 1.47. The molecule has 2 atom stereocenters. The van der Waals surface area contributed by atoms with Gasteiger partial charge in [-0.1, -0.05) is 4.67 Å². The minimum atomic E-state index is -0.135. The molecular weight excluding hydrogens is 316 g/mol. The van der Waals surface area contributed by atoms with Gasteiger partial charge in [-0.05, 0) is 30.7 Å². The second-order valence-corrected chi connectivity index (χ2v) is 7.49. The number of amides is 1. The number of nitrogens with one attached hydrogen (secondary N) is 1. The number of rotatable bonds is 3. The number of imidazole rings is 1. The highest BCUT2D eigenvalue weighted by molar-refractivity contribution is 6.04. The zero-order valence-corrected chi connectivity index (χ0v) is 14.0. The van der Waals surface area contributed by atoms with E-state index in [-0.39, 0.29) is 11.8 Å². The van der Waals surface area contributed by atoms with E-state index < -0.39 is 0 Å². The van der Waals surface area contributed by atoms with Gasteiger partial charge in [0.1, 0.15) is 11.5 Å². The van der Waals surface area contributed by atoms with E-state index in [4.69, 9.17) is 0 Å². The summed E-state index contributed by atoms with van der Waals surface area (Å²) in [5, 5.41) is 4.90. The highest BCUT2D eigenvalue weighted by atomic mass is 16.2. The average molecular weight is 335 g/mol. The number of ketones is 1. The summed E-state index contributed by atoms with van der Waals surface area (Å²) in [4.78, 5) is 29.0. The topological polar surface area (TPSA) is 78.1 Å². The molecule has 1 amide bonds. The highest BCUT2D eigenvalue weighted by Gasteiger charge is 2.43. The van der Waals surface area contributed by atoms with Crippen molar-refractivity contribution in [1.29, 1.82) is 0 Å². The van der Waals surface area contributed by atoms with Crippen molar-refractivity contribution in [1.82, 2.24) is 14.2 Å². The van der Waals surface area contributed by atoms with Crippen LogP contribution in [0.1, 0.15) is 47.8 Å². The fourth-order valence-electron chi connectivity index (χ4n) is 4.59. The quantitative estimate of drug-likeness (QED) is 0.707. The summed E-state index contributed by atoms with van der Waals surface area (Å²) in [5.41, 5.74) is 2.25. The molecule has 3 aliphatic rings. The predicted molar refractivity (Wildman–Crippen MR) is 90.4 cm³/mol. The van der Waals surface area contributed by atoms with Crippen LogP contribution in [0.2, 0.25) is 0 Å². The molecule has 5 rings (SSSR count). The average Bonchev–Trinajstić information content (AvgIpc) is 2.86. The zero-order chi connectivity index (χ0) is 17.1. The first-order valence-corrected chi connectivity index (χ1v) is 8.78. The fourth-order valence-corrected chi connectivity index (χ4v) is 4.59. The van der Waals surface area contributed by atoms with Crippen molar-refractivity contribution in [3.63, 3.8) is 0 Å². The molecule has 126 valence electrons. The number of fused-ring (bicyclic) bond motifs is 2. The second kappa shape index (κ2) is 5.14. The van der Waals surface area contributed by atoms with Crippen LogP contribution < -0.4 is 20.7 Å². The van der Waals surface area contributed by atoms with Crippen molar-refractivity contribution in [2.45, 2.75) is 31.6 Å². The molecule has 0 bridgehead atoms. The number of carbonyl (C=O) groups excluding carboxylic acids is 2. The van der Waals surface area contributed by atoms with E-state index in [1.807, 2.05) is 25.2 Å². The first-order valence-electron chi connectivity index (χ1n) is 8.78. The molecule has 2 saturated carbocycles. The maximum atomic E-state index is 12.8. The van der Waals surface area contributed by atoms with E-state index in [0.717, 1.165) is 34.9 Å². The number of hydrogen-bond donors (Lipinski definition) is 1. The number of Topliss-reactive ketones (excluding diaryl/α,β-unsaturated/α-hetero) is 1. The van der Waals surface area contributed by atoms with Gasteiger partial charge in [0.2, 0.25) is 0 Å². The van der Waals surface area contributed by atoms with Gasteiger partial charge in [-0.2, -0.15) is 0 Å². The fraction of sp³-hybridized carbons (Fsp3) is 0.421. The molecule has 2 unspecified atom stereocenters. The maximum Gasteiger partial charge on any atom is 0.419 e. The molecule has 2 heterocycles. The molecule has 6 nitrogen and oxygen atoms in total. The van der Waals surface area contributed by atoms with Gasteiger partial charge in [-0.25, -0.2) is 4.98 Å². The van der Waals surface area contributed by atoms with Crippen LogP contribution in [0.4, 0.5) is 5.69 Å². The van der Waals surface area contributed by atoms with E-state index >= 15 is 0 Å². The van der Waals surface area contributed by atoms with E-state index in [1.165, 1.54) is 0 Å². The summed E-state index contributed by atoms with van der Waals surface area (Å²) in [6.45, 7) is 0. The Morgan fingerprint density at radius 3 is 2.72 bits per heavy atom. The van der Waals surface area contributed by atoms with Gasteiger partial charge in [-0.3, -0.25) is 9.59 Å². The molecule has 1 N–H and O–H groups in total. The minimum absolute atomic E-state index is 0.135. The van der Waals surface area contributed by atoms with E-state index in [1.54, 1.807) is 10.9 Å². The monoisotopic (exact) mass is 335 g/mol. The third-order valence-electron chi connectivity index (χ3n) is 5.81. The highest BCUT2D eigenvalue weighted by Crippen LogP contribution is 2.49. The summed E-state index contributed by atoms with van der Waals surface area (Å²) in [7, 11) is 1.85. The van der Waals surface area contributed by atoms with E-state index in [0.29, 0.717) is 36.2 Å². The van der Waals surface area contributed by atoms with Crippen molar-refractivity contribution in [3.8, 4) is 0 Å². The van der Waals surface area contributed by atoms with Crippen LogP contribution in [0.3, 0.4) is 0 Å². The Hall–Kier alpha value is -2.72. The summed E-state index contributed by atoms with van der Waals surface area (Å²) < 4.78 is 5.98. The number of nitrogens with zero attached hydrogens (tertiary/aromatic N) is 3. The third-order valence-corrected chi connectivity index (χ3v) is 5.81. The van der Waals surface area contributed by atoms with Gasteiger partial charge in [0.05, 0.1) is 18.1 Å². The standard InChI is InChI=1S/C19H18N4O2/c1-23-9-20-17(12-4-10-6-14(24)7-11(10)5-12)18(23)19(25)21-13-2-3-15-16(8-13)22-15/h2-3,8-12H,4-7H2,1H3/p+1. The van der Waals surface area contributed by atoms with Crippen LogP contribution in [0.5, 0.6) is 0 Å². The number of carbonyl (C=O) groups is 2. The lowest BCUT2D eigenvalue weighted by Crippen LogP contribution is -2.20. The summed E-state index contributed by atoms with van der Waals surface area (Å²) in [6.07, 6.45) is 5.05. The molecule has 0 radical (unpaired) electrons. The van der Waals surface area contributed by atoms with Crippen molar-refractivity contribution >= 4 is 17.4 Å². The van der Waals surface area contributed by atoms with Crippen LogP contribution in [-0.2, 0) is 11.8 Å². The zero-order valence-electron chi connectivity index (χ0n) is 14.0. The molecule has 2 aromatic rings. The summed E-state index contributed by atoms with van der Waals surface area (Å²) in [6, 6.07) is 5.66. The first-order chi connectivity index (χ1) is 12.1. The van der Waals surface area contributed by atoms with E-state index in [2.05, 4.69) is 15.0 Å². The lowest BCUT2D eigenvalue weighted by atomic mass is 9.97. The Bertz CT molecular complexity index is 1030. The molecule has 1 aliphatic heterocycles. The van der Waals surface area contributed by atoms with Crippen molar-refractivity contribution in [2.24, 2.45) is 18.9 Å². The molecule has 6 heteroatoms. The number of aryl methyl sites for hydroxylation is 1. The van der Waals surface area contributed by atoms with Crippen LogP contribution in [-0.4, -0.2) is 21.2 Å². The summed E-state index contributed by atoms with van der Waals surface area (Å²) >= 11 is 0. The minimum Gasteiger partial charge on any atom is -0.329 e. The van der Waals surface area contributed by atoms with Gasteiger partial charge >= 0.3 is 10.7 Å². The van der Waals surface area contributed by atoms with Gasteiger partial charge in [0.25, 0.3) is 5.91 Å². The lowest BCUT2D eigenvalue weighted by molar-refractivity contribution is -0.117. The Morgan fingerprint density at radius 1 is 1.24 bits per heavy atom. The van der Waals surface area contributed by atoms with Gasteiger partial charge in [0.15, 0.2) is 0 Å². The number of benzene rings is 1. The van der Waals surface area contributed by atoms with Crippen LogP contribution in [0, 0.1) is 11.8 Å². The maximum absolute atomic E-state index is 12.8. The van der Waals surface area contributed by atoms with Crippen molar-refractivity contribution < 1.29 is 9.59 Å². The second-order valence-electron chi connectivity index (χ2n) is 7.49. The normalized spacial score (nSPS) is 25.8. The Balaban J connectivity index is 1.39. The molecule has 1 aromatic carbocycles. The molecule has 2 aliphatic carbocycles. The molecule has 1 aromatic heterocycles. The Kier molecular flexibility index (Phi) is 3.00. The van der Waals surface area contributed by atoms with Gasteiger partial charge in [0, 0.05) is 37.6 Å². The SMILES string of the molecule is Cn1cnc(C2CC3CC(=O)CC3C2)c1C(=O)Nc1ccc2c(c1)=[N+]=2. The number of hydrogen-bond acceptors (Lipinski definition) is 3. The first kappa shape index (κ1) is 14.6. The van der Waals surface area contributed by atoms with Crippen LogP contribution in [0.15, 0.2) is 24.5 Å². The Labute approximate surface area is 144 Å². The lowest BCUT2D eigenvalue weighted by Gasteiger charge is -2.12. The Morgan fingerprint density at radius 2 is 2.00 bits per heavy atom. The van der Waals surface area contributed by atoms with Gasteiger partial charge in [-0.15, -0.1) is 0 Å². The molecule has 0 spiro atoms. The third kappa shape index (κ3) is 2.41. The molecule has 0 saturated heterocycles. The molecule has 2 fully saturated rings. The van der Waals surface area contributed by atoms with Crippen LogP contribution >= 0.6 is 0 Å². The van der Waals surface area contributed by atoms with Crippen molar-refractivity contribution in [2.75, 3.05) is 5.32 Å².